The van der Waals surface area contributed by atoms with Crippen molar-refractivity contribution >= 4 is 48.0 Å². The van der Waals surface area contributed by atoms with Gasteiger partial charge in [-0.05, 0) is 44.0 Å². The molecule has 20 heavy (non-hydrogen) atoms. The molecule has 2 bridgehead atoms. The molecular weight excluding hydrogens is 338 g/mol. The van der Waals surface area contributed by atoms with Gasteiger partial charge in [0.1, 0.15) is 0 Å². The summed E-state index contributed by atoms with van der Waals surface area (Å²) in [5.41, 5.74) is 1.03. The van der Waals surface area contributed by atoms with Crippen molar-refractivity contribution in [2.24, 2.45) is 5.92 Å². The Morgan fingerprint density at radius 2 is 1.70 bits per heavy atom. The molecule has 1 atom stereocenters. The summed E-state index contributed by atoms with van der Waals surface area (Å²) in [5.74, 6) is 0.830. The Kier molecular flexibility index (Phi) is 7.40. The molecule has 114 valence electrons. The third kappa shape index (κ3) is 3.94. The van der Waals surface area contributed by atoms with E-state index in [0.717, 1.165) is 28.1 Å². The van der Waals surface area contributed by atoms with Gasteiger partial charge in [0.2, 0.25) is 0 Å². The van der Waals surface area contributed by atoms with Crippen molar-refractivity contribution in [1.29, 1.82) is 0 Å². The SMILES string of the molecule is Cl.Cl.Clc1cccc(Cl)c1CNC1CN2CCC1CC2. The van der Waals surface area contributed by atoms with Crippen molar-refractivity contribution in [3.05, 3.63) is 33.8 Å². The Hall–Kier alpha value is 0.300. The lowest BCUT2D eigenvalue weighted by molar-refractivity contribution is 0.0720. The molecule has 3 fully saturated rings. The fourth-order valence-electron chi connectivity index (χ4n) is 3.13. The summed E-state index contributed by atoms with van der Waals surface area (Å²) in [4.78, 5) is 2.55. The average molecular weight is 358 g/mol. The van der Waals surface area contributed by atoms with Gasteiger partial charge in [-0.2, -0.15) is 0 Å². The zero-order valence-corrected chi connectivity index (χ0v) is 14.3. The number of halogens is 4. The normalized spacial score (nSPS) is 27.6. The van der Waals surface area contributed by atoms with Gasteiger partial charge in [0, 0.05) is 34.7 Å². The number of benzene rings is 1. The minimum atomic E-state index is 0. The lowest BCUT2D eigenvalue weighted by Crippen LogP contribution is -2.55. The molecule has 3 aliphatic rings. The third-order valence-electron chi connectivity index (χ3n) is 4.26. The molecule has 0 aliphatic carbocycles. The van der Waals surface area contributed by atoms with E-state index in [9.17, 15) is 0 Å². The zero-order valence-electron chi connectivity index (χ0n) is 11.1. The number of fused-ring (bicyclic) bond motifs is 3. The Labute approximate surface area is 143 Å². The van der Waals surface area contributed by atoms with Crippen molar-refractivity contribution in [2.45, 2.75) is 25.4 Å². The second kappa shape index (κ2) is 8.07. The zero-order chi connectivity index (χ0) is 12.5. The first kappa shape index (κ1) is 18.3. The lowest BCUT2D eigenvalue weighted by Gasteiger charge is -2.45. The second-order valence-electron chi connectivity index (χ2n) is 5.33. The topological polar surface area (TPSA) is 15.3 Å². The van der Waals surface area contributed by atoms with Crippen LogP contribution in [0, 0.1) is 5.92 Å². The molecule has 0 aromatic heterocycles. The highest BCUT2D eigenvalue weighted by molar-refractivity contribution is 6.35. The van der Waals surface area contributed by atoms with Crippen molar-refractivity contribution < 1.29 is 0 Å². The molecule has 0 radical (unpaired) electrons. The van der Waals surface area contributed by atoms with E-state index in [0.29, 0.717) is 6.04 Å². The van der Waals surface area contributed by atoms with Crippen LogP contribution in [-0.2, 0) is 6.54 Å². The van der Waals surface area contributed by atoms with Crippen LogP contribution in [0.1, 0.15) is 18.4 Å². The molecule has 1 aromatic rings. The highest BCUT2D eigenvalue weighted by Crippen LogP contribution is 2.29. The first-order valence-electron chi connectivity index (χ1n) is 6.62. The van der Waals surface area contributed by atoms with E-state index in [1.54, 1.807) is 0 Å². The van der Waals surface area contributed by atoms with E-state index in [2.05, 4.69) is 10.2 Å². The number of piperidine rings is 3. The van der Waals surface area contributed by atoms with Crippen LogP contribution in [-0.4, -0.2) is 30.6 Å². The highest BCUT2D eigenvalue weighted by Gasteiger charge is 2.33. The van der Waals surface area contributed by atoms with Gasteiger partial charge < -0.3 is 10.2 Å². The fraction of sp³-hybridized carbons (Fsp3) is 0.571. The van der Waals surface area contributed by atoms with Gasteiger partial charge >= 0.3 is 0 Å². The van der Waals surface area contributed by atoms with E-state index >= 15 is 0 Å². The van der Waals surface area contributed by atoms with E-state index in [1.165, 1.54) is 32.5 Å². The summed E-state index contributed by atoms with van der Waals surface area (Å²) in [6.45, 7) is 4.49. The standard InChI is InChI=1S/C14H18Cl2N2.2ClH/c15-12-2-1-3-13(16)11(12)8-17-14-9-18-6-4-10(14)5-7-18;;/h1-3,10,14,17H,4-9H2;2*1H. The van der Waals surface area contributed by atoms with Crippen molar-refractivity contribution in [3.8, 4) is 0 Å². The minimum Gasteiger partial charge on any atom is -0.308 e. The summed E-state index contributed by atoms with van der Waals surface area (Å²) >= 11 is 12.4. The Bertz CT molecular complexity index is 413. The molecule has 3 aliphatic heterocycles. The lowest BCUT2D eigenvalue weighted by atomic mass is 9.84. The summed E-state index contributed by atoms with van der Waals surface area (Å²) in [6.07, 6.45) is 2.65. The van der Waals surface area contributed by atoms with Crippen LogP contribution >= 0.6 is 48.0 Å². The Morgan fingerprint density at radius 3 is 2.20 bits per heavy atom. The molecule has 3 heterocycles. The molecule has 0 saturated carbocycles. The number of nitrogens with one attached hydrogen (secondary N) is 1. The van der Waals surface area contributed by atoms with Gasteiger partial charge in [-0.25, -0.2) is 0 Å². The van der Waals surface area contributed by atoms with Crippen molar-refractivity contribution in [1.82, 2.24) is 10.2 Å². The minimum absolute atomic E-state index is 0. The van der Waals surface area contributed by atoms with E-state index < -0.39 is 0 Å². The smallest absolute Gasteiger partial charge is 0.0465 e. The quantitative estimate of drug-likeness (QED) is 0.878. The van der Waals surface area contributed by atoms with Crippen molar-refractivity contribution in [2.75, 3.05) is 19.6 Å². The van der Waals surface area contributed by atoms with Gasteiger partial charge in [-0.3, -0.25) is 0 Å². The van der Waals surface area contributed by atoms with Gasteiger partial charge in [0.05, 0.1) is 0 Å². The van der Waals surface area contributed by atoms with Gasteiger partial charge in [-0.15, -0.1) is 24.8 Å². The monoisotopic (exact) mass is 356 g/mol. The van der Waals surface area contributed by atoms with E-state index in [1.807, 2.05) is 18.2 Å². The van der Waals surface area contributed by atoms with Gasteiger partial charge in [-0.1, -0.05) is 29.3 Å². The summed E-state index contributed by atoms with van der Waals surface area (Å²) < 4.78 is 0. The summed E-state index contributed by atoms with van der Waals surface area (Å²) in [7, 11) is 0. The maximum absolute atomic E-state index is 6.19. The van der Waals surface area contributed by atoms with Gasteiger partial charge in [0.25, 0.3) is 0 Å². The number of hydrogen-bond acceptors (Lipinski definition) is 2. The molecule has 0 spiro atoms. The molecule has 2 nitrogen and oxygen atoms in total. The largest absolute Gasteiger partial charge is 0.308 e. The van der Waals surface area contributed by atoms with Crippen LogP contribution in [0.4, 0.5) is 0 Å². The molecule has 0 amide bonds. The molecule has 3 saturated heterocycles. The van der Waals surface area contributed by atoms with E-state index in [4.69, 9.17) is 23.2 Å². The molecular formula is C14H20Cl4N2. The molecule has 1 N–H and O–H groups in total. The molecule has 1 unspecified atom stereocenters. The van der Waals surface area contributed by atoms with Crippen LogP contribution < -0.4 is 5.32 Å². The van der Waals surface area contributed by atoms with Gasteiger partial charge in [0.15, 0.2) is 0 Å². The average Bonchev–Trinajstić information content (AvgIpc) is 2.39. The third-order valence-corrected chi connectivity index (χ3v) is 4.97. The Morgan fingerprint density at radius 1 is 1.10 bits per heavy atom. The number of nitrogens with zero attached hydrogens (tertiary/aromatic N) is 1. The highest BCUT2D eigenvalue weighted by atomic mass is 35.5. The predicted molar refractivity (Wildman–Crippen MR) is 90.7 cm³/mol. The van der Waals surface area contributed by atoms with Crippen LogP contribution in [0.5, 0.6) is 0 Å². The molecule has 4 rings (SSSR count). The Balaban J connectivity index is 0.000001000. The van der Waals surface area contributed by atoms with Crippen LogP contribution in [0.2, 0.25) is 10.0 Å². The number of rotatable bonds is 3. The van der Waals surface area contributed by atoms with Crippen LogP contribution in [0.25, 0.3) is 0 Å². The maximum Gasteiger partial charge on any atom is 0.0465 e. The summed E-state index contributed by atoms with van der Waals surface area (Å²) in [6, 6.07) is 6.30. The van der Waals surface area contributed by atoms with Crippen LogP contribution in [0.15, 0.2) is 18.2 Å². The first-order valence-corrected chi connectivity index (χ1v) is 7.38. The van der Waals surface area contributed by atoms with Crippen molar-refractivity contribution in [3.63, 3.8) is 0 Å². The maximum atomic E-state index is 6.19. The predicted octanol–water partition coefficient (Wildman–Crippen LogP) is 4.02. The van der Waals surface area contributed by atoms with E-state index in [-0.39, 0.29) is 24.8 Å². The molecule has 1 aromatic carbocycles. The summed E-state index contributed by atoms with van der Waals surface area (Å²) in [5, 5.41) is 5.16. The first-order chi connectivity index (χ1) is 8.74. The second-order valence-corrected chi connectivity index (χ2v) is 6.14. The van der Waals surface area contributed by atoms with Crippen LogP contribution in [0.3, 0.4) is 0 Å². The number of hydrogen-bond donors (Lipinski definition) is 1. The molecule has 6 heteroatoms. The fourth-order valence-corrected chi connectivity index (χ4v) is 3.66.